The van der Waals surface area contributed by atoms with Gasteiger partial charge in [-0.15, -0.1) is 0 Å². The molecule has 3 aromatic carbocycles. The van der Waals surface area contributed by atoms with Gasteiger partial charge in [-0.25, -0.2) is 19.4 Å². The lowest BCUT2D eigenvalue weighted by Crippen LogP contribution is -2.38. The van der Waals surface area contributed by atoms with Crippen molar-refractivity contribution in [3.05, 3.63) is 107 Å². The molecule has 0 bridgehead atoms. The van der Waals surface area contributed by atoms with Crippen molar-refractivity contribution in [1.82, 2.24) is 24.6 Å². The lowest BCUT2D eigenvalue weighted by molar-refractivity contribution is 0.215. The van der Waals surface area contributed by atoms with E-state index in [1.54, 1.807) is 12.1 Å². The van der Waals surface area contributed by atoms with Crippen LogP contribution < -0.4 is 10.2 Å². The molecule has 0 unspecified atom stereocenters. The Balaban J connectivity index is 1.32. The molecule has 1 saturated heterocycles. The standard InChI is InChI=1S/C31H30ClN7O/c1-22-28-29(37-17-8-18-38(20-19-37)31(40)33-25-15-13-24(32)14-16-25)34-27(21-23-9-4-2-5-10-23)35-30(28)39(36-22)26-11-6-3-7-12-26/h2-7,9-16H,8,17-21H2,1H3,(H,33,40). The van der Waals surface area contributed by atoms with Crippen LogP contribution in [0.25, 0.3) is 16.7 Å². The molecule has 0 saturated carbocycles. The van der Waals surface area contributed by atoms with Gasteiger partial charge in [0.25, 0.3) is 0 Å². The van der Waals surface area contributed by atoms with Crippen LogP contribution in [0.15, 0.2) is 84.9 Å². The number of benzene rings is 3. The molecule has 0 atom stereocenters. The van der Waals surface area contributed by atoms with Gasteiger partial charge in [0.05, 0.1) is 16.8 Å². The zero-order valence-electron chi connectivity index (χ0n) is 22.3. The van der Waals surface area contributed by atoms with Gasteiger partial charge in [-0.05, 0) is 55.3 Å². The molecule has 9 heteroatoms. The van der Waals surface area contributed by atoms with Crippen LogP contribution in [-0.2, 0) is 6.42 Å². The van der Waals surface area contributed by atoms with Gasteiger partial charge >= 0.3 is 6.03 Å². The summed E-state index contributed by atoms with van der Waals surface area (Å²) >= 11 is 5.99. The Morgan fingerprint density at radius 3 is 2.35 bits per heavy atom. The van der Waals surface area contributed by atoms with Gasteiger partial charge in [0.1, 0.15) is 11.6 Å². The Morgan fingerprint density at radius 2 is 1.60 bits per heavy atom. The summed E-state index contributed by atoms with van der Waals surface area (Å²) in [6, 6.07) is 27.4. The molecule has 0 spiro atoms. The van der Waals surface area contributed by atoms with Crippen LogP contribution in [0, 0.1) is 6.92 Å². The minimum Gasteiger partial charge on any atom is -0.354 e. The first-order valence-corrected chi connectivity index (χ1v) is 13.8. The average Bonchev–Trinajstić information content (AvgIpc) is 3.14. The molecule has 0 radical (unpaired) electrons. The topological polar surface area (TPSA) is 79.2 Å². The van der Waals surface area contributed by atoms with E-state index in [-0.39, 0.29) is 6.03 Å². The summed E-state index contributed by atoms with van der Waals surface area (Å²) in [7, 11) is 0. The molecule has 0 aliphatic carbocycles. The smallest absolute Gasteiger partial charge is 0.321 e. The number of fused-ring (bicyclic) bond motifs is 1. The number of urea groups is 1. The highest BCUT2D eigenvalue weighted by atomic mass is 35.5. The van der Waals surface area contributed by atoms with Crippen LogP contribution in [0.5, 0.6) is 0 Å². The van der Waals surface area contributed by atoms with Crippen LogP contribution in [0.2, 0.25) is 5.02 Å². The van der Waals surface area contributed by atoms with Crippen LogP contribution in [0.3, 0.4) is 0 Å². The number of carbonyl (C=O) groups excluding carboxylic acids is 1. The molecule has 2 aromatic heterocycles. The van der Waals surface area contributed by atoms with Gasteiger partial charge in [-0.3, -0.25) is 0 Å². The number of aromatic nitrogens is 4. The van der Waals surface area contributed by atoms with Crippen LogP contribution in [0.1, 0.15) is 23.5 Å². The second kappa shape index (κ2) is 11.4. The van der Waals surface area contributed by atoms with Crippen molar-refractivity contribution in [3.63, 3.8) is 0 Å². The minimum absolute atomic E-state index is 0.116. The molecule has 5 aromatic rings. The van der Waals surface area contributed by atoms with E-state index < -0.39 is 0 Å². The molecule has 40 heavy (non-hydrogen) atoms. The largest absolute Gasteiger partial charge is 0.354 e. The second-order valence-electron chi connectivity index (χ2n) is 9.92. The lowest BCUT2D eigenvalue weighted by atomic mass is 10.1. The molecule has 6 rings (SSSR count). The van der Waals surface area contributed by atoms with Gasteiger partial charge in [0.15, 0.2) is 5.65 Å². The van der Waals surface area contributed by atoms with Crippen molar-refractivity contribution < 1.29 is 4.79 Å². The van der Waals surface area contributed by atoms with Crippen molar-refractivity contribution in [2.75, 3.05) is 36.4 Å². The number of hydrogen-bond donors (Lipinski definition) is 1. The van der Waals surface area contributed by atoms with E-state index in [0.29, 0.717) is 31.1 Å². The molecule has 1 fully saturated rings. The quantitative estimate of drug-likeness (QED) is 0.285. The maximum atomic E-state index is 13.1. The van der Waals surface area contributed by atoms with E-state index >= 15 is 0 Å². The molecule has 8 nitrogen and oxygen atoms in total. The van der Waals surface area contributed by atoms with E-state index in [1.165, 1.54) is 0 Å². The second-order valence-corrected chi connectivity index (χ2v) is 10.4. The normalized spacial score (nSPS) is 13.8. The monoisotopic (exact) mass is 551 g/mol. The summed E-state index contributed by atoms with van der Waals surface area (Å²) in [4.78, 5) is 27.3. The number of hydrogen-bond acceptors (Lipinski definition) is 5. The fourth-order valence-electron chi connectivity index (χ4n) is 5.11. The fraction of sp³-hybridized carbons (Fsp3) is 0.226. The van der Waals surface area contributed by atoms with Crippen LogP contribution in [0.4, 0.5) is 16.3 Å². The Hall–Kier alpha value is -4.43. The Morgan fingerprint density at radius 1 is 0.875 bits per heavy atom. The first kappa shape index (κ1) is 25.8. The van der Waals surface area contributed by atoms with E-state index in [0.717, 1.165) is 58.3 Å². The third kappa shape index (κ3) is 5.49. The molecule has 3 heterocycles. The highest BCUT2D eigenvalue weighted by molar-refractivity contribution is 6.30. The summed E-state index contributed by atoms with van der Waals surface area (Å²) in [6.45, 7) is 4.67. The maximum Gasteiger partial charge on any atom is 0.321 e. The molecular weight excluding hydrogens is 522 g/mol. The van der Waals surface area contributed by atoms with Crippen molar-refractivity contribution in [2.45, 2.75) is 19.8 Å². The van der Waals surface area contributed by atoms with Gasteiger partial charge < -0.3 is 15.1 Å². The number of halogens is 1. The third-order valence-electron chi connectivity index (χ3n) is 7.11. The first-order valence-electron chi connectivity index (χ1n) is 13.5. The van der Waals surface area contributed by atoms with Crippen molar-refractivity contribution in [1.29, 1.82) is 0 Å². The number of aryl methyl sites for hydroxylation is 1. The van der Waals surface area contributed by atoms with E-state index in [1.807, 2.05) is 77.2 Å². The summed E-state index contributed by atoms with van der Waals surface area (Å²) in [5, 5.41) is 9.46. The summed E-state index contributed by atoms with van der Waals surface area (Å²) < 4.78 is 1.91. The SMILES string of the molecule is Cc1nn(-c2ccccc2)c2nc(Cc3ccccc3)nc(N3CCCN(C(=O)Nc4ccc(Cl)cc4)CC3)c12. The van der Waals surface area contributed by atoms with Gasteiger partial charge in [-0.1, -0.05) is 60.1 Å². The Labute approximate surface area is 238 Å². The van der Waals surface area contributed by atoms with E-state index in [4.69, 9.17) is 26.7 Å². The summed E-state index contributed by atoms with van der Waals surface area (Å²) in [5.41, 5.74) is 4.50. The number of amides is 2. The highest BCUT2D eigenvalue weighted by Crippen LogP contribution is 2.30. The number of rotatable bonds is 5. The van der Waals surface area contributed by atoms with Crippen molar-refractivity contribution in [3.8, 4) is 5.69 Å². The predicted molar refractivity (Wildman–Crippen MR) is 160 cm³/mol. The van der Waals surface area contributed by atoms with E-state index in [9.17, 15) is 4.79 Å². The van der Waals surface area contributed by atoms with Gasteiger partial charge in [-0.2, -0.15) is 5.10 Å². The maximum absolute atomic E-state index is 13.1. The predicted octanol–water partition coefficient (Wildman–Crippen LogP) is 6.11. The lowest BCUT2D eigenvalue weighted by Gasteiger charge is -2.24. The molecule has 2 amide bonds. The van der Waals surface area contributed by atoms with Gasteiger partial charge in [0.2, 0.25) is 0 Å². The molecule has 202 valence electrons. The Bertz CT molecular complexity index is 1620. The number of nitrogens with zero attached hydrogens (tertiary/aromatic N) is 6. The molecule has 1 N–H and O–H groups in total. The van der Waals surface area contributed by atoms with E-state index in [2.05, 4.69) is 22.3 Å². The summed E-state index contributed by atoms with van der Waals surface area (Å²) in [5.74, 6) is 1.61. The average molecular weight is 552 g/mol. The fourth-order valence-corrected chi connectivity index (χ4v) is 5.24. The van der Waals surface area contributed by atoms with Gasteiger partial charge in [0, 0.05) is 43.3 Å². The zero-order chi connectivity index (χ0) is 27.5. The number of anilines is 2. The number of carbonyl (C=O) groups is 1. The van der Waals surface area contributed by atoms with Crippen LogP contribution in [-0.4, -0.2) is 56.9 Å². The molecule has 1 aliphatic rings. The van der Waals surface area contributed by atoms with Crippen LogP contribution >= 0.6 is 11.6 Å². The third-order valence-corrected chi connectivity index (χ3v) is 7.37. The van der Waals surface area contributed by atoms with Crippen molar-refractivity contribution in [2.24, 2.45) is 0 Å². The first-order chi connectivity index (χ1) is 19.5. The summed E-state index contributed by atoms with van der Waals surface area (Å²) in [6.07, 6.45) is 1.44. The van der Waals surface area contributed by atoms with Crippen molar-refractivity contribution >= 4 is 40.2 Å². The zero-order valence-corrected chi connectivity index (χ0v) is 23.1. The Kier molecular flexibility index (Phi) is 7.33. The minimum atomic E-state index is -0.116. The molecule has 1 aliphatic heterocycles. The molecular formula is C31H30ClN7O. The number of nitrogens with one attached hydrogen (secondary N) is 1. The number of para-hydroxylation sites is 1. The highest BCUT2D eigenvalue weighted by Gasteiger charge is 2.25.